The highest BCUT2D eigenvalue weighted by molar-refractivity contribution is 6.30. The smallest absolute Gasteiger partial charge is 0.306 e. The Balaban J connectivity index is 1.99. The van der Waals surface area contributed by atoms with Gasteiger partial charge in [0.25, 0.3) is 0 Å². The lowest BCUT2D eigenvalue weighted by Gasteiger charge is -2.29. The molecular weight excluding hydrogens is 314 g/mol. The normalized spacial score (nSPS) is 22.6. The Morgan fingerprint density at radius 3 is 2.09 bits per heavy atom. The van der Waals surface area contributed by atoms with Crippen molar-refractivity contribution in [2.75, 3.05) is 0 Å². The highest BCUT2D eigenvalue weighted by atomic mass is 35.5. The van der Waals surface area contributed by atoms with E-state index in [1.165, 1.54) is 0 Å². The van der Waals surface area contributed by atoms with Crippen LogP contribution >= 0.6 is 11.6 Å². The van der Waals surface area contributed by atoms with Gasteiger partial charge in [0.1, 0.15) is 0 Å². The Labute approximate surface area is 142 Å². The van der Waals surface area contributed by atoms with Crippen molar-refractivity contribution >= 4 is 23.5 Å². The van der Waals surface area contributed by atoms with Crippen molar-refractivity contribution in [1.82, 2.24) is 5.32 Å². The Morgan fingerprint density at radius 2 is 1.61 bits per heavy atom. The van der Waals surface area contributed by atoms with Crippen LogP contribution in [0.3, 0.4) is 0 Å². The summed E-state index contributed by atoms with van der Waals surface area (Å²) in [5.41, 5.74) is 1.04. The lowest BCUT2D eigenvalue weighted by atomic mass is 9.81. The van der Waals surface area contributed by atoms with Crippen LogP contribution in [0.1, 0.15) is 51.1 Å². The van der Waals surface area contributed by atoms with Crippen LogP contribution < -0.4 is 5.32 Å². The van der Waals surface area contributed by atoms with E-state index in [-0.39, 0.29) is 29.7 Å². The molecule has 1 saturated carbocycles. The van der Waals surface area contributed by atoms with Gasteiger partial charge in [-0.25, -0.2) is 0 Å². The summed E-state index contributed by atoms with van der Waals surface area (Å²) in [5, 5.41) is 12.9. The molecule has 0 aromatic heterocycles. The number of benzene rings is 1. The first-order valence-electron chi connectivity index (χ1n) is 8.17. The van der Waals surface area contributed by atoms with Crippen molar-refractivity contribution in [2.24, 2.45) is 17.8 Å². The first kappa shape index (κ1) is 17.8. The molecule has 0 heterocycles. The molecule has 0 radical (unpaired) electrons. The summed E-state index contributed by atoms with van der Waals surface area (Å²) in [4.78, 5) is 23.5. The Hall–Kier alpha value is -1.55. The Morgan fingerprint density at radius 1 is 1.09 bits per heavy atom. The average molecular weight is 338 g/mol. The fourth-order valence-corrected chi connectivity index (χ4v) is 3.30. The predicted molar refractivity (Wildman–Crippen MR) is 90.3 cm³/mol. The van der Waals surface area contributed by atoms with Gasteiger partial charge in [0.2, 0.25) is 5.91 Å². The molecule has 4 nitrogen and oxygen atoms in total. The van der Waals surface area contributed by atoms with E-state index in [0.29, 0.717) is 30.7 Å². The molecule has 0 bridgehead atoms. The van der Waals surface area contributed by atoms with Crippen LogP contribution in [0.15, 0.2) is 24.3 Å². The van der Waals surface area contributed by atoms with Gasteiger partial charge in [0.15, 0.2) is 0 Å². The maximum absolute atomic E-state index is 12.5. The summed E-state index contributed by atoms with van der Waals surface area (Å²) >= 11 is 5.93. The average Bonchev–Trinajstić information content (AvgIpc) is 2.53. The van der Waals surface area contributed by atoms with Gasteiger partial charge in [-0.2, -0.15) is 0 Å². The number of carbonyl (C=O) groups is 2. The van der Waals surface area contributed by atoms with Crippen LogP contribution in [-0.4, -0.2) is 17.0 Å². The summed E-state index contributed by atoms with van der Waals surface area (Å²) in [6.45, 7) is 4.14. The van der Waals surface area contributed by atoms with Crippen molar-refractivity contribution in [1.29, 1.82) is 0 Å². The van der Waals surface area contributed by atoms with Crippen LogP contribution in [0.2, 0.25) is 5.02 Å². The number of amides is 1. The number of rotatable bonds is 5. The highest BCUT2D eigenvalue weighted by Gasteiger charge is 2.31. The lowest BCUT2D eigenvalue weighted by Crippen LogP contribution is -2.38. The molecule has 1 aromatic rings. The molecule has 1 atom stereocenters. The number of hydrogen-bond acceptors (Lipinski definition) is 2. The zero-order valence-corrected chi connectivity index (χ0v) is 14.3. The molecule has 2 N–H and O–H groups in total. The molecule has 126 valence electrons. The van der Waals surface area contributed by atoms with E-state index in [4.69, 9.17) is 16.7 Å². The van der Waals surface area contributed by atoms with Gasteiger partial charge >= 0.3 is 5.97 Å². The van der Waals surface area contributed by atoms with Crippen molar-refractivity contribution in [3.05, 3.63) is 34.9 Å². The van der Waals surface area contributed by atoms with Crippen molar-refractivity contribution in [3.63, 3.8) is 0 Å². The molecule has 23 heavy (non-hydrogen) atoms. The molecule has 0 saturated heterocycles. The van der Waals surface area contributed by atoms with Gasteiger partial charge < -0.3 is 10.4 Å². The Bertz CT molecular complexity index is 548. The van der Waals surface area contributed by atoms with E-state index < -0.39 is 5.97 Å². The molecule has 5 heteroatoms. The summed E-state index contributed by atoms with van der Waals surface area (Å²) in [6, 6.07) is 7.48. The quantitative estimate of drug-likeness (QED) is 0.852. The summed E-state index contributed by atoms with van der Waals surface area (Å²) in [5.74, 6) is -0.835. The molecule has 1 fully saturated rings. The van der Waals surface area contributed by atoms with Crippen molar-refractivity contribution in [3.8, 4) is 0 Å². The van der Waals surface area contributed by atoms with Crippen molar-refractivity contribution in [2.45, 2.75) is 45.6 Å². The molecule has 1 amide bonds. The van der Waals surface area contributed by atoms with Crippen LogP contribution in [-0.2, 0) is 9.59 Å². The fraction of sp³-hybridized carbons (Fsp3) is 0.556. The number of nitrogens with one attached hydrogen (secondary N) is 1. The van der Waals surface area contributed by atoms with Crippen LogP contribution in [0.4, 0.5) is 0 Å². The van der Waals surface area contributed by atoms with E-state index >= 15 is 0 Å². The zero-order valence-electron chi connectivity index (χ0n) is 13.6. The van der Waals surface area contributed by atoms with E-state index in [0.717, 1.165) is 5.56 Å². The van der Waals surface area contributed by atoms with Crippen molar-refractivity contribution < 1.29 is 14.7 Å². The van der Waals surface area contributed by atoms with E-state index in [2.05, 4.69) is 19.2 Å². The topological polar surface area (TPSA) is 66.4 Å². The lowest BCUT2D eigenvalue weighted by molar-refractivity contribution is -0.144. The summed E-state index contributed by atoms with van der Waals surface area (Å²) in [7, 11) is 0. The monoisotopic (exact) mass is 337 g/mol. The second-order valence-corrected chi connectivity index (χ2v) is 7.11. The van der Waals surface area contributed by atoms with Crippen LogP contribution in [0.5, 0.6) is 0 Å². The maximum atomic E-state index is 12.5. The molecule has 1 unspecified atom stereocenters. The van der Waals surface area contributed by atoms with Gasteiger partial charge in [-0.05, 0) is 49.3 Å². The van der Waals surface area contributed by atoms with E-state index in [1.54, 1.807) is 0 Å². The summed E-state index contributed by atoms with van der Waals surface area (Å²) < 4.78 is 0. The second kappa shape index (κ2) is 7.82. The highest BCUT2D eigenvalue weighted by Crippen LogP contribution is 2.30. The Kier molecular flexibility index (Phi) is 6.05. The van der Waals surface area contributed by atoms with Gasteiger partial charge in [-0.3, -0.25) is 9.59 Å². The van der Waals surface area contributed by atoms with Crippen LogP contribution in [0.25, 0.3) is 0 Å². The van der Waals surface area contributed by atoms with Gasteiger partial charge in [0.05, 0.1) is 12.0 Å². The molecule has 0 aliphatic heterocycles. The minimum absolute atomic E-state index is 0.0301. The number of carboxylic acid groups (broad SMARTS) is 1. The predicted octanol–water partition coefficient (Wildman–Crippen LogP) is 4.04. The molecular formula is C18H24ClNO3. The SMILES string of the molecule is CC(C)C(NC(=O)C1CCC(C(=O)O)CC1)c1ccc(Cl)cc1. The number of halogens is 1. The molecule has 0 spiro atoms. The first-order valence-corrected chi connectivity index (χ1v) is 8.55. The standard InChI is InChI=1S/C18H24ClNO3/c1-11(2)16(12-7-9-15(19)10-8-12)20-17(21)13-3-5-14(6-4-13)18(22)23/h7-11,13-14,16H,3-6H2,1-2H3,(H,20,21)(H,22,23). The van der Waals surface area contributed by atoms with Gasteiger partial charge in [0, 0.05) is 10.9 Å². The molecule has 2 rings (SSSR count). The van der Waals surface area contributed by atoms with E-state index in [9.17, 15) is 9.59 Å². The number of aliphatic carboxylic acids is 1. The maximum Gasteiger partial charge on any atom is 0.306 e. The third-order valence-electron chi connectivity index (χ3n) is 4.64. The number of carbonyl (C=O) groups excluding carboxylic acids is 1. The molecule has 1 aliphatic carbocycles. The molecule has 1 aliphatic rings. The van der Waals surface area contributed by atoms with Gasteiger partial charge in [-0.15, -0.1) is 0 Å². The van der Waals surface area contributed by atoms with Crippen LogP contribution in [0, 0.1) is 17.8 Å². The third kappa shape index (κ3) is 4.71. The second-order valence-electron chi connectivity index (χ2n) is 6.67. The third-order valence-corrected chi connectivity index (χ3v) is 4.89. The van der Waals surface area contributed by atoms with E-state index in [1.807, 2.05) is 24.3 Å². The minimum Gasteiger partial charge on any atom is -0.481 e. The zero-order chi connectivity index (χ0) is 17.0. The molecule has 1 aromatic carbocycles. The first-order chi connectivity index (χ1) is 10.9. The van der Waals surface area contributed by atoms with Gasteiger partial charge in [-0.1, -0.05) is 37.6 Å². The fourth-order valence-electron chi connectivity index (χ4n) is 3.18. The minimum atomic E-state index is -0.745. The summed E-state index contributed by atoms with van der Waals surface area (Å²) in [6.07, 6.45) is 2.46. The largest absolute Gasteiger partial charge is 0.481 e. The number of carboxylic acids is 1. The number of hydrogen-bond donors (Lipinski definition) is 2.